The fourth-order valence-electron chi connectivity index (χ4n) is 4.08. The van der Waals surface area contributed by atoms with Gasteiger partial charge in [-0.3, -0.25) is 9.80 Å². The Labute approximate surface area is 144 Å². The number of furan rings is 1. The summed E-state index contributed by atoms with van der Waals surface area (Å²) in [7, 11) is 2.12. The van der Waals surface area contributed by atoms with Crippen LogP contribution in [0.25, 0.3) is 0 Å². The standard InChI is InChI=1S/C20H26N2O2/c1-21(15-19-7-3-12-23-19)14-17-5-2-6-18(13-17)24-20-8-4-10-22(16-20)11-9-20/h2-3,5-7,12-13H,4,8-11,14-16H2,1H3. The van der Waals surface area contributed by atoms with Crippen molar-refractivity contribution in [1.82, 2.24) is 9.80 Å². The summed E-state index contributed by atoms with van der Waals surface area (Å²) in [6.45, 7) is 5.22. The Morgan fingerprint density at radius 2 is 2.12 bits per heavy atom. The Hall–Kier alpha value is -1.78. The molecule has 1 aromatic carbocycles. The van der Waals surface area contributed by atoms with Crippen molar-refractivity contribution in [2.75, 3.05) is 26.7 Å². The highest BCUT2D eigenvalue weighted by Gasteiger charge is 2.42. The van der Waals surface area contributed by atoms with E-state index < -0.39 is 0 Å². The molecule has 0 radical (unpaired) electrons. The number of benzene rings is 1. The lowest BCUT2D eigenvalue weighted by Gasteiger charge is -2.34. The van der Waals surface area contributed by atoms with Crippen molar-refractivity contribution in [2.24, 2.45) is 0 Å². The van der Waals surface area contributed by atoms with Crippen molar-refractivity contribution in [2.45, 2.75) is 38.0 Å². The van der Waals surface area contributed by atoms with E-state index in [9.17, 15) is 0 Å². The first-order valence-corrected chi connectivity index (χ1v) is 8.92. The molecule has 1 aromatic heterocycles. The van der Waals surface area contributed by atoms with Gasteiger partial charge in [-0.05, 0) is 56.3 Å². The number of fused-ring (bicyclic) bond motifs is 2. The fraction of sp³-hybridized carbons (Fsp3) is 0.500. The van der Waals surface area contributed by atoms with E-state index in [0.717, 1.165) is 37.6 Å². The topological polar surface area (TPSA) is 28.9 Å². The molecular formula is C20H26N2O2. The van der Waals surface area contributed by atoms with Gasteiger partial charge in [0.2, 0.25) is 0 Å². The van der Waals surface area contributed by atoms with E-state index in [2.05, 4.69) is 41.1 Å². The van der Waals surface area contributed by atoms with Gasteiger partial charge < -0.3 is 9.15 Å². The molecule has 128 valence electrons. The summed E-state index contributed by atoms with van der Waals surface area (Å²) in [4.78, 5) is 4.79. The third-order valence-electron chi connectivity index (χ3n) is 5.19. The molecule has 4 rings (SSSR count). The number of ether oxygens (including phenoxy) is 1. The molecule has 24 heavy (non-hydrogen) atoms. The highest BCUT2D eigenvalue weighted by atomic mass is 16.5. The lowest BCUT2D eigenvalue weighted by Crippen LogP contribution is -2.43. The Morgan fingerprint density at radius 3 is 3.00 bits per heavy atom. The molecule has 0 spiro atoms. The normalized spacial score (nSPS) is 26.0. The highest BCUT2D eigenvalue weighted by molar-refractivity contribution is 5.29. The maximum absolute atomic E-state index is 6.48. The van der Waals surface area contributed by atoms with Gasteiger partial charge in [0.05, 0.1) is 12.8 Å². The zero-order valence-electron chi connectivity index (χ0n) is 14.4. The van der Waals surface area contributed by atoms with Gasteiger partial charge in [-0.25, -0.2) is 0 Å². The van der Waals surface area contributed by atoms with Gasteiger partial charge in [-0.2, -0.15) is 0 Å². The van der Waals surface area contributed by atoms with Crippen LogP contribution in [-0.2, 0) is 13.1 Å². The predicted octanol–water partition coefficient (Wildman–Crippen LogP) is 3.53. The molecule has 2 aliphatic rings. The molecule has 2 unspecified atom stereocenters. The van der Waals surface area contributed by atoms with Crippen LogP contribution in [0.15, 0.2) is 47.1 Å². The largest absolute Gasteiger partial charge is 0.486 e. The molecule has 0 saturated carbocycles. The van der Waals surface area contributed by atoms with E-state index in [4.69, 9.17) is 9.15 Å². The van der Waals surface area contributed by atoms with Gasteiger partial charge in [-0.1, -0.05) is 12.1 Å². The molecule has 2 atom stereocenters. The van der Waals surface area contributed by atoms with E-state index in [-0.39, 0.29) is 5.60 Å². The molecule has 4 nitrogen and oxygen atoms in total. The zero-order chi connectivity index (χ0) is 16.4. The number of hydrogen-bond acceptors (Lipinski definition) is 4. The van der Waals surface area contributed by atoms with Gasteiger partial charge in [-0.15, -0.1) is 0 Å². The van der Waals surface area contributed by atoms with Gasteiger partial charge in [0.25, 0.3) is 0 Å². The number of rotatable bonds is 6. The summed E-state index contributed by atoms with van der Waals surface area (Å²) < 4.78 is 11.9. The fourth-order valence-corrected chi connectivity index (χ4v) is 4.08. The van der Waals surface area contributed by atoms with Crippen LogP contribution in [-0.4, -0.2) is 42.1 Å². The maximum atomic E-state index is 6.48. The first-order valence-electron chi connectivity index (χ1n) is 8.92. The molecule has 2 bridgehead atoms. The van der Waals surface area contributed by atoms with E-state index >= 15 is 0 Å². The SMILES string of the molecule is CN(Cc1cccc(OC23CCCN(CC2)C3)c1)Cc1ccco1. The van der Waals surface area contributed by atoms with Gasteiger partial charge in [0, 0.05) is 26.1 Å². The molecule has 2 fully saturated rings. The maximum Gasteiger partial charge on any atom is 0.123 e. The Kier molecular flexibility index (Phi) is 4.33. The first kappa shape index (κ1) is 15.7. The Morgan fingerprint density at radius 1 is 1.17 bits per heavy atom. The number of hydrogen-bond donors (Lipinski definition) is 0. The van der Waals surface area contributed by atoms with Crippen molar-refractivity contribution in [1.29, 1.82) is 0 Å². The molecule has 4 heteroatoms. The van der Waals surface area contributed by atoms with E-state index in [1.165, 1.54) is 31.5 Å². The van der Waals surface area contributed by atoms with Crippen LogP contribution < -0.4 is 4.74 Å². The van der Waals surface area contributed by atoms with Crippen molar-refractivity contribution in [3.63, 3.8) is 0 Å². The summed E-state index contributed by atoms with van der Waals surface area (Å²) in [5.74, 6) is 2.01. The first-order chi connectivity index (χ1) is 11.7. The van der Waals surface area contributed by atoms with Gasteiger partial charge in [0.1, 0.15) is 17.1 Å². The molecule has 2 aliphatic heterocycles. The molecular weight excluding hydrogens is 300 g/mol. The van der Waals surface area contributed by atoms with Crippen LogP contribution in [0.4, 0.5) is 0 Å². The second-order valence-corrected chi connectivity index (χ2v) is 7.31. The van der Waals surface area contributed by atoms with E-state index in [1.807, 2.05) is 12.1 Å². The average Bonchev–Trinajstić information content (AvgIpc) is 3.16. The van der Waals surface area contributed by atoms with E-state index in [1.54, 1.807) is 6.26 Å². The predicted molar refractivity (Wildman–Crippen MR) is 94.0 cm³/mol. The molecule has 2 saturated heterocycles. The Balaban J connectivity index is 1.40. The van der Waals surface area contributed by atoms with Crippen molar-refractivity contribution >= 4 is 0 Å². The third kappa shape index (κ3) is 3.50. The smallest absolute Gasteiger partial charge is 0.123 e. The zero-order valence-corrected chi connectivity index (χ0v) is 14.4. The van der Waals surface area contributed by atoms with Crippen LogP contribution in [0.2, 0.25) is 0 Å². The second-order valence-electron chi connectivity index (χ2n) is 7.31. The highest BCUT2D eigenvalue weighted by Crippen LogP contribution is 2.35. The number of piperidine rings is 1. The van der Waals surface area contributed by atoms with Gasteiger partial charge >= 0.3 is 0 Å². The van der Waals surface area contributed by atoms with Gasteiger partial charge in [0.15, 0.2) is 0 Å². The summed E-state index contributed by atoms with van der Waals surface area (Å²) in [5.41, 5.74) is 1.33. The number of nitrogens with zero attached hydrogens (tertiary/aromatic N) is 2. The third-order valence-corrected chi connectivity index (χ3v) is 5.19. The molecule has 3 heterocycles. The van der Waals surface area contributed by atoms with Crippen LogP contribution in [0.5, 0.6) is 5.75 Å². The molecule has 0 amide bonds. The minimum atomic E-state index is 0.0525. The molecule has 2 aromatic rings. The average molecular weight is 326 g/mol. The second kappa shape index (κ2) is 6.61. The van der Waals surface area contributed by atoms with Crippen molar-refractivity contribution in [3.05, 3.63) is 54.0 Å². The Bertz CT molecular complexity index is 666. The van der Waals surface area contributed by atoms with E-state index in [0.29, 0.717) is 0 Å². The van der Waals surface area contributed by atoms with Crippen LogP contribution >= 0.6 is 0 Å². The lowest BCUT2D eigenvalue weighted by atomic mass is 9.94. The summed E-state index contributed by atoms with van der Waals surface area (Å²) in [6, 6.07) is 12.5. The van der Waals surface area contributed by atoms with Crippen molar-refractivity contribution in [3.8, 4) is 5.75 Å². The quantitative estimate of drug-likeness (QED) is 0.812. The van der Waals surface area contributed by atoms with Crippen LogP contribution in [0.1, 0.15) is 30.6 Å². The van der Waals surface area contributed by atoms with Crippen LogP contribution in [0, 0.1) is 0 Å². The summed E-state index contributed by atoms with van der Waals surface area (Å²) >= 11 is 0. The lowest BCUT2D eigenvalue weighted by molar-refractivity contribution is 0.0452. The summed E-state index contributed by atoms with van der Waals surface area (Å²) in [5, 5.41) is 0. The minimum absolute atomic E-state index is 0.0525. The molecule has 0 N–H and O–H groups in total. The van der Waals surface area contributed by atoms with Crippen molar-refractivity contribution < 1.29 is 9.15 Å². The van der Waals surface area contributed by atoms with Crippen LogP contribution in [0.3, 0.4) is 0 Å². The summed E-state index contributed by atoms with van der Waals surface area (Å²) in [6.07, 6.45) is 5.33. The minimum Gasteiger partial charge on any atom is -0.486 e. The monoisotopic (exact) mass is 326 g/mol. The molecule has 0 aliphatic carbocycles.